The Labute approximate surface area is 272 Å². The molecule has 6 heteroatoms. The molecule has 0 saturated carbocycles. The molecule has 8 rings (SSSR count). The number of halogens is 2. The van der Waals surface area contributed by atoms with E-state index in [1.807, 2.05) is 24.7 Å². The van der Waals surface area contributed by atoms with Crippen LogP contribution in [0, 0.1) is 13.8 Å². The van der Waals surface area contributed by atoms with Crippen LogP contribution in [0.3, 0.4) is 0 Å². The Kier molecular flexibility index (Phi) is 9.45. The van der Waals surface area contributed by atoms with Crippen LogP contribution < -0.4 is 0 Å². The van der Waals surface area contributed by atoms with E-state index in [4.69, 9.17) is 25.9 Å². The molecule has 0 unspecified atom stereocenters. The van der Waals surface area contributed by atoms with Crippen LogP contribution in [0.1, 0.15) is 11.1 Å². The summed E-state index contributed by atoms with van der Waals surface area (Å²) >= 11 is -1.65. The molecule has 0 saturated heterocycles. The van der Waals surface area contributed by atoms with Crippen molar-refractivity contribution in [2.24, 2.45) is 0 Å². The van der Waals surface area contributed by atoms with Gasteiger partial charge >= 0.3 is 53.5 Å². The average Bonchev–Trinajstić information content (AvgIpc) is 3.80. The molecule has 0 bridgehead atoms. The third-order valence-corrected chi connectivity index (χ3v) is 27.4. The molecule has 0 N–H and O–H groups in total. The predicted octanol–water partition coefficient (Wildman–Crippen LogP) is 12.7. The van der Waals surface area contributed by atoms with Gasteiger partial charge in [-0.2, -0.15) is 12.1 Å². The minimum Gasteiger partial charge on any atom is -0.464 e. The number of fused-ring (bicyclic) bond motifs is 4. The normalized spacial score (nSPS) is 11.0. The van der Waals surface area contributed by atoms with Crippen LogP contribution in [0.15, 0.2) is 131 Å². The summed E-state index contributed by atoms with van der Waals surface area (Å²) < 4.78 is 11.6. The maximum atomic E-state index is 5.82. The van der Waals surface area contributed by atoms with Gasteiger partial charge in [0.25, 0.3) is 0 Å². The number of hydrogen-bond acceptors (Lipinski definition) is 2. The molecule has 2 heterocycles. The van der Waals surface area contributed by atoms with Gasteiger partial charge in [0.05, 0.1) is 12.5 Å². The largest absolute Gasteiger partial charge is 0.464 e. The van der Waals surface area contributed by atoms with Crippen molar-refractivity contribution in [2.75, 3.05) is 0 Å². The number of hydrogen-bond donors (Lipinski definition) is 0. The molecule has 0 amide bonds. The minimum atomic E-state index is -1.65. The molecular weight excluding hydrogens is 679 g/mol. The van der Waals surface area contributed by atoms with E-state index in [-0.39, 0.29) is 5.43 Å². The van der Waals surface area contributed by atoms with Crippen LogP contribution >= 0.6 is 17.0 Å². The van der Waals surface area contributed by atoms with E-state index in [0.717, 1.165) is 22.3 Å². The fourth-order valence-corrected chi connectivity index (χ4v) is 5.57. The molecule has 6 aromatic carbocycles. The maximum absolute atomic E-state index is 5.82. The predicted molar refractivity (Wildman–Crippen MR) is 188 cm³/mol. The molecule has 44 heavy (non-hydrogen) atoms. The van der Waals surface area contributed by atoms with Gasteiger partial charge in [0.15, 0.2) is 0 Å². The Morgan fingerprint density at radius 3 is 1.39 bits per heavy atom. The van der Waals surface area contributed by atoms with E-state index in [2.05, 4.69) is 124 Å². The van der Waals surface area contributed by atoms with E-state index in [9.17, 15) is 0 Å². The summed E-state index contributed by atoms with van der Waals surface area (Å²) in [5.74, 6) is 1.93. The second-order valence-corrected chi connectivity index (χ2v) is 34.2. The summed E-state index contributed by atoms with van der Waals surface area (Å²) in [7, 11) is 11.2. The second kappa shape index (κ2) is 13.5. The van der Waals surface area contributed by atoms with Gasteiger partial charge in [-0.15, -0.1) is 69.1 Å². The first-order valence-corrected chi connectivity index (χ1v) is 27.1. The number of aryl methyl sites for hydroxylation is 2. The van der Waals surface area contributed by atoms with Crippen LogP contribution in [0.25, 0.3) is 65.7 Å². The van der Waals surface area contributed by atoms with Crippen molar-refractivity contribution >= 4 is 65.5 Å². The average molecular weight is 711 g/mol. The summed E-state index contributed by atoms with van der Waals surface area (Å²) in [5.41, 5.74) is 4.70. The molecule has 0 atom stereocenters. The summed E-state index contributed by atoms with van der Waals surface area (Å²) in [5, 5.41) is 9.73. The first kappa shape index (κ1) is 30.9. The van der Waals surface area contributed by atoms with Crippen LogP contribution in [0.5, 0.6) is 0 Å². The van der Waals surface area contributed by atoms with Crippen molar-refractivity contribution in [1.82, 2.24) is 0 Å². The number of rotatable bonds is 2. The quantitative estimate of drug-likeness (QED) is 0.132. The van der Waals surface area contributed by atoms with Gasteiger partial charge in [-0.1, -0.05) is 74.5 Å². The molecule has 0 aliphatic heterocycles. The molecule has 0 aliphatic rings. The van der Waals surface area contributed by atoms with Gasteiger partial charge in [0, 0.05) is 21.5 Å². The first-order chi connectivity index (χ1) is 21.3. The van der Waals surface area contributed by atoms with Crippen LogP contribution in [0.4, 0.5) is 0 Å². The topological polar surface area (TPSA) is 26.3 Å². The number of furan rings is 2. The zero-order chi connectivity index (χ0) is 30.8. The Morgan fingerprint density at radius 1 is 0.568 bits per heavy atom. The van der Waals surface area contributed by atoms with Crippen molar-refractivity contribution in [2.45, 2.75) is 26.9 Å². The van der Waals surface area contributed by atoms with Gasteiger partial charge in [-0.25, -0.2) is 0 Å². The molecule has 0 aliphatic carbocycles. The van der Waals surface area contributed by atoms with E-state index in [1.165, 1.54) is 54.6 Å². The van der Waals surface area contributed by atoms with Gasteiger partial charge in [0.2, 0.25) is 0 Å². The maximum Gasteiger partial charge on any atom is 0.132 e. The molecule has 2 aromatic heterocycles. The van der Waals surface area contributed by atoms with Crippen molar-refractivity contribution in [3.05, 3.63) is 133 Å². The fourth-order valence-electron chi connectivity index (χ4n) is 5.57. The summed E-state index contributed by atoms with van der Waals surface area (Å²) in [6.07, 6.45) is 3.67. The van der Waals surface area contributed by atoms with Crippen molar-refractivity contribution < 1.29 is 26.8 Å². The van der Waals surface area contributed by atoms with E-state index >= 15 is 0 Å². The van der Waals surface area contributed by atoms with Crippen molar-refractivity contribution in [3.63, 3.8) is 0 Å². The van der Waals surface area contributed by atoms with Gasteiger partial charge in [-0.3, -0.25) is 0 Å². The SMILES string of the molecule is C[Si](C)=[Zr]([Cl])[Cl].Cc1cc2c(-c3occ4ccccc34)cccc2[cH-]1.Cc1cc2c(-c3occ4ccccc34)cccc2[cH-]1. The minimum absolute atomic E-state index is 0.224. The van der Waals surface area contributed by atoms with Gasteiger partial charge < -0.3 is 8.83 Å². The Bertz CT molecular complexity index is 2100. The van der Waals surface area contributed by atoms with Gasteiger partial charge in [0.1, 0.15) is 11.5 Å². The fraction of sp³-hybridized carbons (Fsp3) is 0.105. The standard InChI is InChI=1S/2C18H13O.C2H6Si.2ClH.Zr/c2*1-12-9-13-6-4-8-16(17(13)10-12)18-15-7-3-2-5-14(15)11-19-18;1-3-2;;;/h2*2-11H,1H3;1-2H3;2*1H;/q2*-1;;;;+2/p-2. The third kappa shape index (κ3) is 6.46. The molecule has 2 nitrogen and oxygen atoms in total. The molecule has 8 aromatic rings. The zero-order valence-electron chi connectivity index (χ0n) is 25.1. The molecule has 0 spiro atoms. The van der Waals surface area contributed by atoms with E-state index in [1.54, 1.807) is 0 Å². The Hall–Kier alpha value is -3.14. The van der Waals surface area contributed by atoms with E-state index in [0.29, 0.717) is 0 Å². The molecule has 0 radical (unpaired) electrons. The summed E-state index contributed by atoms with van der Waals surface area (Å²) in [4.78, 5) is 0. The van der Waals surface area contributed by atoms with Gasteiger partial charge in [-0.05, 0) is 11.1 Å². The number of benzene rings is 4. The van der Waals surface area contributed by atoms with Crippen LogP contribution in [-0.4, -0.2) is 5.43 Å². The van der Waals surface area contributed by atoms with Crippen LogP contribution in [0.2, 0.25) is 13.1 Å². The Balaban J connectivity index is 0.000000132. The van der Waals surface area contributed by atoms with E-state index < -0.39 is 18.0 Å². The Morgan fingerprint density at radius 2 is 0.977 bits per heavy atom. The van der Waals surface area contributed by atoms with Crippen molar-refractivity contribution in [1.29, 1.82) is 0 Å². The molecular formula is C38H32Cl2O2SiZr-2. The third-order valence-electron chi connectivity index (χ3n) is 7.68. The molecule has 220 valence electrons. The van der Waals surface area contributed by atoms with Crippen LogP contribution in [-0.2, 0) is 18.0 Å². The summed E-state index contributed by atoms with van der Waals surface area (Å²) in [6.45, 7) is 8.59. The summed E-state index contributed by atoms with van der Waals surface area (Å²) in [6, 6.07) is 38.2. The second-order valence-electron chi connectivity index (χ2n) is 11.2. The smallest absolute Gasteiger partial charge is 0.132 e. The monoisotopic (exact) mass is 708 g/mol. The first-order valence-electron chi connectivity index (χ1n) is 14.5. The van der Waals surface area contributed by atoms with Crippen molar-refractivity contribution in [3.8, 4) is 22.6 Å². The molecule has 0 fully saturated rings. The zero-order valence-corrected chi connectivity index (χ0v) is 30.1.